The van der Waals surface area contributed by atoms with Gasteiger partial charge in [0.05, 0.1) is 0 Å². The topological polar surface area (TPSA) is 89.9 Å². The summed E-state index contributed by atoms with van der Waals surface area (Å²) in [5, 5.41) is -4.54. The summed E-state index contributed by atoms with van der Waals surface area (Å²) in [4.78, 5) is 11.9. The molecule has 26 heavy (non-hydrogen) atoms. The van der Waals surface area contributed by atoms with Gasteiger partial charge in [-0.15, -0.1) is 0 Å². The Bertz CT molecular complexity index is 539. The van der Waals surface area contributed by atoms with Crippen LogP contribution < -0.4 is 0 Å². The van der Waals surface area contributed by atoms with Crippen LogP contribution >= 0.6 is 0 Å². The Balaban J connectivity index is 4.74. The zero-order valence-electron chi connectivity index (χ0n) is 16.3. The van der Waals surface area contributed by atoms with Crippen molar-refractivity contribution in [3.8, 4) is 0 Å². The van der Waals surface area contributed by atoms with E-state index < -0.39 is 35.8 Å². The van der Waals surface area contributed by atoms with E-state index in [1.54, 1.807) is 7.11 Å². The van der Waals surface area contributed by atoms with Crippen LogP contribution in [0.1, 0.15) is 58.8 Å². The Morgan fingerprint density at radius 2 is 1.77 bits per heavy atom. The van der Waals surface area contributed by atoms with Crippen molar-refractivity contribution in [1.82, 2.24) is 0 Å². The number of carbonyl (C=O) groups excluding carboxylic acids is 1. The van der Waals surface area contributed by atoms with Gasteiger partial charge in [0.25, 0.3) is 0 Å². The minimum absolute atomic E-state index is 0.107. The molecule has 0 saturated heterocycles. The molecule has 0 aromatic rings. The van der Waals surface area contributed by atoms with Crippen LogP contribution in [-0.2, 0) is 24.1 Å². The lowest BCUT2D eigenvalue weighted by Crippen LogP contribution is -2.42. The molecule has 0 fully saturated rings. The molecule has 0 radical (unpaired) electrons. The highest BCUT2D eigenvalue weighted by Crippen LogP contribution is 2.33. The predicted octanol–water partition coefficient (Wildman–Crippen LogP) is 4.37. The van der Waals surface area contributed by atoms with E-state index in [4.69, 9.17) is 8.98 Å². The fourth-order valence-electron chi connectivity index (χ4n) is 2.65. The number of alkyl halides is 2. The third-order valence-corrected chi connectivity index (χ3v) is 9.35. The van der Waals surface area contributed by atoms with Crippen LogP contribution in [0, 0.1) is 0 Å². The summed E-state index contributed by atoms with van der Waals surface area (Å²) in [7, 11) is -6.04. The van der Waals surface area contributed by atoms with Gasteiger partial charge in [0.2, 0.25) is 0 Å². The highest BCUT2D eigenvalue weighted by atomic mass is 32.2. The predicted molar refractivity (Wildman–Crippen MR) is 98.3 cm³/mol. The number of unbranched alkanes of at least 4 members (excludes halogenated alkanes) is 3. The summed E-state index contributed by atoms with van der Waals surface area (Å²) in [5.41, 5.74) is 0.161. The van der Waals surface area contributed by atoms with Crippen LogP contribution in [0.5, 0.6) is 0 Å². The number of rotatable bonds is 13. The zero-order valence-corrected chi connectivity index (χ0v) is 18.1. The van der Waals surface area contributed by atoms with E-state index in [0.717, 1.165) is 39.0 Å². The van der Waals surface area contributed by atoms with Crippen molar-refractivity contribution in [2.75, 3.05) is 7.11 Å². The standard InChI is InChI=1S/C16H32F2O6SSi/c1-6-7-8-9-10-14(26(4,5)23-3)11-12-15(19)24-13(2)16(17,18)25(20,21)22/h13-14H,6-12H2,1-5H3,(H,20,21,22). The van der Waals surface area contributed by atoms with Gasteiger partial charge in [-0.05, 0) is 32.0 Å². The van der Waals surface area contributed by atoms with Crippen molar-refractivity contribution < 1.29 is 35.7 Å². The minimum atomic E-state index is -5.65. The highest BCUT2D eigenvalue weighted by molar-refractivity contribution is 7.86. The Kier molecular flexibility index (Phi) is 10.4. The SMILES string of the molecule is CCCCCCC(CCC(=O)OC(C)C(F)(F)S(=O)(=O)O)[Si](C)(C)OC. The Morgan fingerprint density at radius 3 is 2.23 bits per heavy atom. The van der Waals surface area contributed by atoms with E-state index in [-0.39, 0.29) is 12.0 Å². The lowest BCUT2D eigenvalue weighted by Gasteiger charge is -2.31. The Morgan fingerprint density at radius 1 is 1.19 bits per heavy atom. The van der Waals surface area contributed by atoms with E-state index in [9.17, 15) is 22.0 Å². The number of esters is 1. The number of hydrogen-bond donors (Lipinski definition) is 1. The van der Waals surface area contributed by atoms with E-state index in [1.165, 1.54) is 0 Å². The van der Waals surface area contributed by atoms with Crippen molar-refractivity contribution in [3.63, 3.8) is 0 Å². The monoisotopic (exact) mass is 418 g/mol. The molecule has 0 aliphatic rings. The van der Waals surface area contributed by atoms with Crippen LogP contribution in [0.4, 0.5) is 8.78 Å². The number of carbonyl (C=O) groups is 1. The van der Waals surface area contributed by atoms with E-state index in [0.29, 0.717) is 6.42 Å². The number of ether oxygens (including phenoxy) is 1. The van der Waals surface area contributed by atoms with Gasteiger partial charge in [-0.25, -0.2) is 0 Å². The molecule has 0 aromatic carbocycles. The molecule has 2 atom stereocenters. The maximum absolute atomic E-state index is 13.4. The van der Waals surface area contributed by atoms with E-state index in [1.807, 2.05) is 13.1 Å². The van der Waals surface area contributed by atoms with E-state index in [2.05, 4.69) is 11.7 Å². The number of hydrogen-bond acceptors (Lipinski definition) is 5. The molecule has 0 aliphatic carbocycles. The molecule has 0 aromatic heterocycles. The van der Waals surface area contributed by atoms with Crippen LogP contribution in [0.25, 0.3) is 0 Å². The summed E-state index contributed by atoms with van der Waals surface area (Å²) in [6.07, 6.45) is 3.28. The smallest absolute Gasteiger partial charge is 0.405 e. The van der Waals surface area contributed by atoms with Gasteiger partial charge in [0.15, 0.2) is 14.4 Å². The normalized spacial score (nSPS) is 15.5. The van der Waals surface area contributed by atoms with Crippen molar-refractivity contribution in [3.05, 3.63) is 0 Å². The van der Waals surface area contributed by atoms with Crippen LogP contribution in [-0.4, -0.2) is 45.7 Å². The molecule has 0 rings (SSSR count). The van der Waals surface area contributed by atoms with Crippen LogP contribution in [0.15, 0.2) is 0 Å². The first-order valence-electron chi connectivity index (χ1n) is 8.89. The minimum Gasteiger partial charge on any atom is -0.455 e. The molecule has 10 heteroatoms. The molecule has 0 saturated carbocycles. The zero-order chi connectivity index (χ0) is 20.6. The molecular formula is C16H32F2O6SSi. The average molecular weight is 419 g/mol. The third-order valence-electron chi connectivity index (χ3n) is 4.74. The molecule has 0 heterocycles. The second-order valence-corrected chi connectivity index (χ2v) is 13.0. The Hall–Kier alpha value is -0.583. The first-order valence-corrected chi connectivity index (χ1v) is 13.3. The lowest BCUT2D eigenvalue weighted by molar-refractivity contribution is -0.159. The molecule has 1 N–H and O–H groups in total. The quantitative estimate of drug-likeness (QED) is 0.207. The Labute approximate surface area is 156 Å². The molecule has 0 spiro atoms. The van der Waals surface area contributed by atoms with Crippen molar-refractivity contribution >= 4 is 24.4 Å². The second-order valence-electron chi connectivity index (χ2n) is 7.06. The van der Waals surface area contributed by atoms with Gasteiger partial charge >= 0.3 is 21.3 Å². The molecule has 0 amide bonds. The van der Waals surface area contributed by atoms with Crippen LogP contribution in [0.2, 0.25) is 18.6 Å². The maximum Gasteiger partial charge on any atom is 0.405 e. The van der Waals surface area contributed by atoms with Gasteiger partial charge in [-0.2, -0.15) is 17.2 Å². The fraction of sp³-hybridized carbons (Fsp3) is 0.938. The highest BCUT2D eigenvalue weighted by Gasteiger charge is 2.51. The van der Waals surface area contributed by atoms with Gasteiger partial charge in [0.1, 0.15) is 0 Å². The molecule has 6 nitrogen and oxygen atoms in total. The first kappa shape index (κ1) is 25.4. The molecule has 0 bridgehead atoms. The summed E-state index contributed by atoms with van der Waals surface area (Å²) in [6, 6.07) is 0. The molecule has 156 valence electrons. The van der Waals surface area contributed by atoms with Crippen molar-refractivity contribution in [2.45, 2.75) is 88.8 Å². The van der Waals surface area contributed by atoms with Crippen LogP contribution in [0.3, 0.4) is 0 Å². The molecular weight excluding hydrogens is 386 g/mol. The number of halogens is 2. The van der Waals surface area contributed by atoms with Crippen molar-refractivity contribution in [1.29, 1.82) is 0 Å². The van der Waals surface area contributed by atoms with Gasteiger partial charge in [-0.1, -0.05) is 39.0 Å². The summed E-state index contributed by atoms with van der Waals surface area (Å²) in [6.45, 7) is 6.93. The van der Waals surface area contributed by atoms with Gasteiger partial charge in [-0.3, -0.25) is 9.35 Å². The van der Waals surface area contributed by atoms with Crippen molar-refractivity contribution in [2.24, 2.45) is 0 Å². The molecule has 2 unspecified atom stereocenters. The summed E-state index contributed by atoms with van der Waals surface area (Å²) in [5.74, 6) is -0.916. The summed E-state index contributed by atoms with van der Waals surface area (Å²) >= 11 is 0. The lowest BCUT2D eigenvalue weighted by atomic mass is 10.1. The summed E-state index contributed by atoms with van der Waals surface area (Å²) < 4.78 is 66.9. The average Bonchev–Trinajstić information content (AvgIpc) is 2.52. The first-order chi connectivity index (χ1) is 11.8. The second kappa shape index (κ2) is 10.7. The van der Waals surface area contributed by atoms with Gasteiger partial charge in [0, 0.05) is 13.5 Å². The molecule has 0 aliphatic heterocycles. The largest absolute Gasteiger partial charge is 0.455 e. The fourth-order valence-corrected chi connectivity index (χ4v) is 5.19. The maximum atomic E-state index is 13.4. The van der Waals surface area contributed by atoms with E-state index >= 15 is 0 Å². The van der Waals surface area contributed by atoms with Gasteiger partial charge < -0.3 is 9.16 Å². The third kappa shape index (κ3) is 7.97.